The van der Waals surface area contributed by atoms with Gasteiger partial charge in [0.1, 0.15) is 6.04 Å². The molecule has 0 aromatic carbocycles. The Labute approximate surface area is 137 Å². The van der Waals surface area contributed by atoms with E-state index in [2.05, 4.69) is 0 Å². The first kappa shape index (κ1) is 17.8. The summed E-state index contributed by atoms with van der Waals surface area (Å²) in [4.78, 5) is 38.1. The average Bonchev–Trinajstić information content (AvgIpc) is 2.94. The Morgan fingerprint density at radius 3 is 2.52 bits per heavy atom. The Morgan fingerprint density at radius 2 is 1.91 bits per heavy atom. The molecule has 2 aliphatic rings. The molecule has 1 aliphatic heterocycles. The molecular weight excluding hydrogens is 298 g/mol. The van der Waals surface area contributed by atoms with E-state index in [0.717, 1.165) is 25.7 Å². The van der Waals surface area contributed by atoms with Crippen molar-refractivity contribution in [2.45, 2.75) is 70.4 Å². The molecule has 6 nitrogen and oxygen atoms in total. The van der Waals surface area contributed by atoms with E-state index < -0.39 is 6.04 Å². The molecule has 2 fully saturated rings. The summed E-state index contributed by atoms with van der Waals surface area (Å²) >= 11 is 0. The molecule has 1 saturated carbocycles. The molecule has 0 radical (unpaired) electrons. The highest BCUT2D eigenvalue weighted by Crippen LogP contribution is 2.35. The molecule has 0 aromatic rings. The van der Waals surface area contributed by atoms with Crippen molar-refractivity contribution in [3.63, 3.8) is 0 Å². The number of nitrogens with zero attached hydrogens (tertiary/aromatic N) is 1. The fourth-order valence-electron chi connectivity index (χ4n) is 3.89. The van der Waals surface area contributed by atoms with Gasteiger partial charge in [0.05, 0.1) is 20.1 Å². The van der Waals surface area contributed by atoms with Crippen molar-refractivity contribution in [2.24, 2.45) is 5.92 Å². The highest BCUT2D eigenvalue weighted by atomic mass is 16.5. The number of carbonyl (C=O) groups excluding carboxylic acids is 3. The summed E-state index contributed by atoms with van der Waals surface area (Å²) in [6.07, 6.45) is 6.35. The predicted octanol–water partition coefficient (Wildman–Crippen LogP) is 2.05. The third-order valence-corrected chi connectivity index (χ3v) is 4.96. The number of likely N-dealkylation sites (tertiary alicyclic amines) is 1. The summed E-state index contributed by atoms with van der Waals surface area (Å²) in [5, 5.41) is 0. The van der Waals surface area contributed by atoms with Gasteiger partial charge in [0.25, 0.3) is 0 Å². The van der Waals surface area contributed by atoms with Crippen LogP contribution in [0.2, 0.25) is 0 Å². The molecule has 1 heterocycles. The van der Waals surface area contributed by atoms with Gasteiger partial charge < -0.3 is 14.4 Å². The van der Waals surface area contributed by atoms with Crippen molar-refractivity contribution in [3.05, 3.63) is 0 Å². The topological polar surface area (TPSA) is 72.9 Å². The molecular formula is C17H27NO5. The largest absolute Gasteiger partial charge is 0.467 e. The normalized spacial score (nSPS) is 23.7. The molecule has 1 saturated heterocycles. The van der Waals surface area contributed by atoms with Crippen molar-refractivity contribution in [2.75, 3.05) is 13.7 Å². The molecule has 23 heavy (non-hydrogen) atoms. The summed E-state index contributed by atoms with van der Waals surface area (Å²) in [7, 11) is 1.34. The van der Waals surface area contributed by atoms with E-state index in [1.165, 1.54) is 13.5 Å². The maximum absolute atomic E-state index is 12.4. The summed E-state index contributed by atoms with van der Waals surface area (Å²) in [6.45, 7) is 2.09. The van der Waals surface area contributed by atoms with Crippen molar-refractivity contribution in [3.8, 4) is 0 Å². The number of hydrogen-bond acceptors (Lipinski definition) is 5. The van der Waals surface area contributed by atoms with Gasteiger partial charge in [-0.1, -0.05) is 19.3 Å². The minimum absolute atomic E-state index is 0.0553. The lowest BCUT2D eigenvalue weighted by molar-refractivity contribution is -0.155. The molecule has 2 rings (SSSR count). The molecule has 0 spiro atoms. The fourth-order valence-corrected chi connectivity index (χ4v) is 3.89. The molecule has 6 heteroatoms. The monoisotopic (exact) mass is 325 g/mol. The van der Waals surface area contributed by atoms with E-state index in [-0.39, 0.29) is 36.2 Å². The first-order valence-electron chi connectivity index (χ1n) is 8.63. The van der Waals surface area contributed by atoms with Gasteiger partial charge in [-0.3, -0.25) is 9.59 Å². The lowest BCUT2D eigenvalue weighted by atomic mass is 9.81. The summed E-state index contributed by atoms with van der Waals surface area (Å²) in [5.74, 6) is -0.491. The molecule has 1 amide bonds. The van der Waals surface area contributed by atoms with Crippen LogP contribution in [0.4, 0.5) is 0 Å². The Bertz CT molecular complexity index is 444. The van der Waals surface area contributed by atoms with Crippen LogP contribution >= 0.6 is 0 Å². The number of esters is 2. The van der Waals surface area contributed by atoms with Gasteiger partial charge >= 0.3 is 11.9 Å². The lowest BCUT2D eigenvalue weighted by Gasteiger charge is -2.38. The smallest absolute Gasteiger partial charge is 0.328 e. The number of amides is 1. The number of rotatable bonds is 6. The second kappa shape index (κ2) is 8.31. The average molecular weight is 325 g/mol. The Kier molecular flexibility index (Phi) is 6.42. The Balaban J connectivity index is 2.20. The van der Waals surface area contributed by atoms with Gasteiger partial charge in [-0.25, -0.2) is 4.79 Å². The maximum Gasteiger partial charge on any atom is 0.328 e. The highest BCUT2D eigenvalue weighted by Gasteiger charge is 2.44. The van der Waals surface area contributed by atoms with Crippen molar-refractivity contribution >= 4 is 17.8 Å². The van der Waals surface area contributed by atoms with Gasteiger partial charge in [0.15, 0.2) is 0 Å². The van der Waals surface area contributed by atoms with Crippen molar-refractivity contribution in [1.29, 1.82) is 0 Å². The minimum atomic E-state index is -0.561. The molecule has 0 N–H and O–H groups in total. The van der Waals surface area contributed by atoms with Crippen LogP contribution in [0.5, 0.6) is 0 Å². The summed E-state index contributed by atoms with van der Waals surface area (Å²) < 4.78 is 9.94. The SMILES string of the molecule is CCOC(=O)CC(C1CCCCC1)N1C(=O)CCC1C(=O)OC. The van der Waals surface area contributed by atoms with E-state index in [0.29, 0.717) is 19.4 Å². The number of ether oxygens (including phenoxy) is 2. The number of methoxy groups -OCH3 is 1. The van der Waals surface area contributed by atoms with Crippen LogP contribution in [-0.4, -0.2) is 48.5 Å². The van der Waals surface area contributed by atoms with Crippen LogP contribution in [0.15, 0.2) is 0 Å². The maximum atomic E-state index is 12.4. The molecule has 1 aliphatic carbocycles. The minimum Gasteiger partial charge on any atom is -0.467 e. The van der Waals surface area contributed by atoms with Gasteiger partial charge in [-0.2, -0.15) is 0 Å². The first-order chi connectivity index (χ1) is 11.1. The third-order valence-electron chi connectivity index (χ3n) is 4.96. The molecule has 130 valence electrons. The number of carbonyl (C=O) groups is 3. The second-order valence-electron chi connectivity index (χ2n) is 6.35. The van der Waals surface area contributed by atoms with E-state index >= 15 is 0 Å². The van der Waals surface area contributed by atoms with Crippen LogP contribution in [0, 0.1) is 5.92 Å². The second-order valence-corrected chi connectivity index (χ2v) is 6.35. The quantitative estimate of drug-likeness (QED) is 0.699. The number of hydrogen-bond donors (Lipinski definition) is 0. The summed E-state index contributed by atoms with van der Waals surface area (Å²) in [6, 6.07) is -0.817. The zero-order chi connectivity index (χ0) is 16.8. The fraction of sp³-hybridized carbons (Fsp3) is 0.824. The van der Waals surface area contributed by atoms with E-state index in [4.69, 9.17) is 9.47 Å². The zero-order valence-electron chi connectivity index (χ0n) is 14.1. The van der Waals surface area contributed by atoms with Crippen LogP contribution in [0.3, 0.4) is 0 Å². The van der Waals surface area contributed by atoms with Crippen LogP contribution in [0.1, 0.15) is 58.3 Å². The third kappa shape index (κ3) is 4.24. The van der Waals surface area contributed by atoms with Gasteiger partial charge in [0, 0.05) is 12.5 Å². The molecule has 2 unspecified atom stereocenters. The van der Waals surface area contributed by atoms with Crippen molar-refractivity contribution in [1.82, 2.24) is 4.90 Å². The van der Waals surface area contributed by atoms with E-state index in [9.17, 15) is 14.4 Å². The van der Waals surface area contributed by atoms with Gasteiger partial charge in [0.2, 0.25) is 5.91 Å². The van der Waals surface area contributed by atoms with Gasteiger partial charge in [-0.15, -0.1) is 0 Å². The summed E-state index contributed by atoms with van der Waals surface area (Å²) in [5.41, 5.74) is 0. The van der Waals surface area contributed by atoms with Crippen molar-refractivity contribution < 1.29 is 23.9 Å². The standard InChI is InChI=1S/C17H27NO5/c1-3-23-16(20)11-14(12-7-5-4-6-8-12)18-13(17(21)22-2)9-10-15(18)19/h12-14H,3-11H2,1-2H3. The lowest BCUT2D eigenvalue weighted by Crippen LogP contribution is -2.50. The van der Waals surface area contributed by atoms with E-state index in [1.54, 1.807) is 11.8 Å². The highest BCUT2D eigenvalue weighted by molar-refractivity contribution is 5.89. The van der Waals surface area contributed by atoms with Crippen LogP contribution < -0.4 is 0 Å². The van der Waals surface area contributed by atoms with Crippen LogP contribution in [-0.2, 0) is 23.9 Å². The Hall–Kier alpha value is -1.59. The van der Waals surface area contributed by atoms with E-state index in [1.807, 2.05) is 0 Å². The molecule has 0 aromatic heterocycles. The van der Waals surface area contributed by atoms with Crippen LogP contribution in [0.25, 0.3) is 0 Å². The van der Waals surface area contributed by atoms with Gasteiger partial charge in [-0.05, 0) is 32.1 Å². The predicted molar refractivity (Wildman–Crippen MR) is 83.5 cm³/mol. The molecule has 0 bridgehead atoms. The Morgan fingerprint density at radius 1 is 1.22 bits per heavy atom. The first-order valence-corrected chi connectivity index (χ1v) is 8.63. The zero-order valence-corrected chi connectivity index (χ0v) is 14.1. The molecule has 2 atom stereocenters.